The van der Waals surface area contributed by atoms with Gasteiger partial charge in [-0.25, -0.2) is 0 Å². The third kappa shape index (κ3) is 15.8. The molecule has 1 unspecified atom stereocenters. The lowest BCUT2D eigenvalue weighted by Crippen LogP contribution is -2.13. The molecule has 0 radical (unpaired) electrons. The zero-order chi connectivity index (χ0) is 14.2. The zero-order valence-corrected chi connectivity index (χ0v) is 13.0. The molecule has 1 N–H and O–H groups in total. The Morgan fingerprint density at radius 3 is 2.11 bits per heavy atom. The van der Waals surface area contributed by atoms with E-state index in [1.807, 2.05) is 0 Å². The standard InChI is InChI=1S/C16H34O3/c1-3-4-5-6-7-8-9-10-11-16(2)19-15-14-18-13-12-17/h16-17H,3-15H2,1-2H3. The molecule has 0 bridgehead atoms. The van der Waals surface area contributed by atoms with E-state index in [1.54, 1.807) is 0 Å². The van der Waals surface area contributed by atoms with Gasteiger partial charge in [-0.1, -0.05) is 58.3 Å². The number of unbranched alkanes of at least 4 members (excludes halogenated alkanes) is 7. The lowest BCUT2D eigenvalue weighted by atomic mass is 10.1. The lowest BCUT2D eigenvalue weighted by molar-refractivity contribution is 0.000782. The Labute approximate surface area is 119 Å². The Kier molecular flexibility index (Phi) is 15.8. The highest BCUT2D eigenvalue weighted by Gasteiger charge is 2.01. The molecule has 0 aliphatic carbocycles. The Morgan fingerprint density at radius 2 is 1.47 bits per heavy atom. The van der Waals surface area contributed by atoms with E-state index in [9.17, 15) is 0 Å². The number of hydrogen-bond acceptors (Lipinski definition) is 3. The summed E-state index contributed by atoms with van der Waals surface area (Å²) in [6.07, 6.45) is 12.4. The van der Waals surface area contributed by atoms with Gasteiger partial charge >= 0.3 is 0 Å². The van der Waals surface area contributed by atoms with Gasteiger partial charge in [0.1, 0.15) is 0 Å². The van der Waals surface area contributed by atoms with E-state index in [0.717, 1.165) is 6.42 Å². The Morgan fingerprint density at radius 1 is 0.842 bits per heavy atom. The molecular formula is C16H34O3. The highest BCUT2D eigenvalue weighted by atomic mass is 16.5. The Bertz CT molecular complexity index is 162. The van der Waals surface area contributed by atoms with Gasteiger partial charge in [-0.3, -0.25) is 0 Å². The van der Waals surface area contributed by atoms with E-state index < -0.39 is 0 Å². The van der Waals surface area contributed by atoms with Crippen molar-refractivity contribution < 1.29 is 14.6 Å². The van der Waals surface area contributed by atoms with Crippen LogP contribution in [0.2, 0.25) is 0 Å². The number of hydrogen-bond donors (Lipinski definition) is 1. The van der Waals surface area contributed by atoms with E-state index in [1.165, 1.54) is 51.4 Å². The van der Waals surface area contributed by atoms with Crippen LogP contribution in [0.25, 0.3) is 0 Å². The highest BCUT2D eigenvalue weighted by molar-refractivity contribution is 4.52. The predicted octanol–water partition coefficient (Wildman–Crippen LogP) is 3.93. The van der Waals surface area contributed by atoms with Crippen LogP contribution in [-0.4, -0.2) is 37.6 Å². The van der Waals surface area contributed by atoms with Crippen molar-refractivity contribution in [1.29, 1.82) is 0 Å². The molecule has 0 saturated carbocycles. The summed E-state index contributed by atoms with van der Waals surface area (Å²) in [6.45, 7) is 6.12. The molecular weight excluding hydrogens is 240 g/mol. The topological polar surface area (TPSA) is 38.7 Å². The van der Waals surface area contributed by atoms with Gasteiger partial charge in [0.25, 0.3) is 0 Å². The van der Waals surface area contributed by atoms with Crippen molar-refractivity contribution in [3.8, 4) is 0 Å². The van der Waals surface area contributed by atoms with Gasteiger partial charge in [-0.05, 0) is 13.3 Å². The van der Waals surface area contributed by atoms with Gasteiger partial charge in [0.2, 0.25) is 0 Å². The van der Waals surface area contributed by atoms with Crippen LogP contribution in [0.5, 0.6) is 0 Å². The molecule has 0 saturated heterocycles. The molecule has 1 atom stereocenters. The zero-order valence-electron chi connectivity index (χ0n) is 13.0. The molecule has 3 heteroatoms. The number of aliphatic hydroxyl groups excluding tert-OH is 1. The van der Waals surface area contributed by atoms with Gasteiger partial charge in [0.15, 0.2) is 0 Å². The minimum absolute atomic E-state index is 0.0911. The molecule has 0 heterocycles. The molecule has 0 aromatic rings. The van der Waals surface area contributed by atoms with Crippen molar-refractivity contribution in [2.45, 2.75) is 77.7 Å². The third-order valence-electron chi connectivity index (χ3n) is 3.33. The lowest BCUT2D eigenvalue weighted by Gasteiger charge is -2.12. The maximum absolute atomic E-state index is 8.54. The molecule has 116 valence electrons. The van der Waals surface area contributed by atoms with Crippen molar-refractivity contribution >= 4 is 0 Å². The van der Waals surface area contributed by atoms with E-state index in [2.05, 4.69) is 13.8 Å². The van der Waals surface area contributed by atoms with E-state index in [0.29, 0.717) is 25.9 Å². The molecule has 0 spiro atoms. The molecule has 0 fully saturated rings. The number of aliphatic hydroxyl groups is 1. The van der Waals surface area contributed by atoms with Crippen molar-refractivity contribution in [2.75, 3.05) is 26.4 Å². The fourth-order valence-electron chi connectivity index (χ4n) is 2.12. The predicted molar refractivity (Wildman–Crippen MR) is 80.5 cm³/mol. The van der Waals surface area contributed by atoms with Crippen molar-refractivity contribution in [3.63, 3.8) is 0 Å². The van der Waals surface area contributed by atoms with Crippen LogP contribution in [-0.2, 0) is 9.47 Å². The van der Waals surface area contributed by atoms with Crippen LogP contribution in [0.1, 0.15) is 71.6 Å². The van der Waals surface area contributed by atoms with Gasteiger partial charge in [-0.2, -0.15) is 0 Å². The summed E-state index contributed by atoms with van der Waals surface area (Å²) in [6, 6.07) is 0. The van der Waals surface area contributed by atoms with E-state index >= 15 is 0 Å². The smallest absolute Gasteiger partial charge is 0.0704 e. The monoisotopic (exact) mass is 274 g/mol. The minimum atomic E-state index is 0.0911. The average molecular weight is 274 g/mol. The summed E-state index contributed by atoms with van der Waals surface area (Å²) in [7, 11) is 0. The molecule has 0 aliphatic heterocycles. The normalized spacial score (nSPS) is 12.8. The first-order valence-electron chi connectivity index (χ1n) is 8.11. The second-order valence-corrected chi connectivity index (χ2v) is 5.28. The molecule has 19 heavy (non-hydrogen) atoms. The summed E-state index contributed by atoms with van der Waals surface area (Å²) in [5, 5.41) is 8.54. The van der Waals surface area contributed by atoms with Crippen LogP contribution in [0.3, 0.4) is 0 Å². The van der Waals surface area contributed by atoms with Crippen molar-refractivity contribution in [1.82, 2.24) is 0 Å². The fourth-order valence-corrected chi connectivity index (χ4v) is 2.12. The second-order valence-electron chi connectivity index (χ2n) is 5.28. The van der Waals surface area contributed by atoms with Crippen LogP contribution >= 0.6 is 0 Å². The Balaban J connectivity index is 3.09. The van der Waals surface area contributed by atoms with Crippen LogP contribution in [0, 0.1) is 0 Å². The van der Waals surface area contributed by atoms with Crippen LogP contribution in [0.15, 0.2) is 0 Å². The number of ether oxygens (including phenoxy) is 2. The second kappa shape index (κ2) is 15.9. The molecule has 0 aromatic heterocycles. The minimum Gasteiger partial charge on any atom is -0.394 e. The van der Waals surface area contributed by atoms with Crippen LogP contribution < -0.4 is 0 Å². The van der Waals surface area contributed by atoms with Gasteiger partial charge in [0, 0.05) is 0 Å². The fraction of sp³-hybridized carbons (Fsp3) is 1.00. The van der Waals surface area contributed by atoms with Gasteiger partial charge in [-0.15, -0.1) is 0 Å². The van der Waals surface area contributed by atoms with Crippen molar-refractivity contribution in [2.24, 2.45) is 0 Å². The Hall–Kier alpha value is -0.120. The van der Waals surface area contributed by atoms with Crippen LogP contribution in [0.4, 0.5) is 0 Å². The molecule has 0 rings (SSSR count). The summed E-state index contributed by atoms with van der Waals surface area (Å²) in [4.78, 5) is 0. The molecule has 0 aliphatic rings. The summed E-state index contributed by atoms with van der Waals surface area (Å²) in [5.74, 6) is 0. The number of rotatable bonds is 15. The van der Waals surface area contributed by atoms with Crippen molar-refractivity contribution in [3.05, 3.63) is 0 Å². The summed E-state index contributed by atoms with van der Waals surface area (Å²) in [5.41, 5.74) is 0. The maximum atomic E-state index is 8.54. The molecule has 3 nitrogen and oxygen atoms in total. The highest BCUT2D eigenvalue weighted by Crippen LogP contribution is 2.11. The molecule has 0 amide bonds. The first kappa shape index (κ1) is 18.9. The summed E-state index contributed by atoms with van der Waals surface area (Å²) < 4.78 is 10.8. The third-order valence-corrected chi connectivity index (χ3v) is 3.33. The van der Waals surface area contributed by atoms with E-state index in [-0.39, 0.29) is 6.61 Å². The average Bonchev–Trinajstić information content (AvgIpc) is 2.41. The first-order valence-corrected chi connectivity index (χ1v) is 8.11. The first-order chi connectivity index (χ1) is 9.31. The maximum Gasteiger partial charge on any atom is 0.0704 e. The quantitative estimate of drug-likeness (QED) is 0.460. The summed E-state index contributed by atoms with van der Waals surface area (Å²) >= 11 is 0. The van der Waals surface area contributed by atoms with E-state index in [4.69, 9.17) is 14.6 Å². The molecule has 0 aromatic carbocycles. The SMILES string of the molecule is CCCCCCCCCCC(C)OCCOCCO. The van der Waals surface area contributed by atoms with Gasteiger partial charge < -0.3 is 14.6 Å². The largest absolute Gasteiger partial charge is 0.394 e. The van der Waals surface area contributed by atoms with Gasteiger partial charge in [0.05, 0.1) is 32.5 Å².